The van der Waals surface area contributed by atoms with Crippen molar-refractivity contribution >= 4 is 11.6 Å². The number of likely N-dealkylation sites (N-methyl/N-ethyl adjacent to an activating group) is 1. The first kappa shape index (κ1) is 23.3. The summed E-state index contributed by atoms with van der Waals surface area (Å²) in [5.74, 6) is -0.00972. The lowest BCUT2D eigenvalue weighted by Crippen LogP contribution is -2.48. The Hall–Kier alpha value is -2.37. The van der Waals surface area contributed by atoms with Crippen LogP contribution in [0.4, 0.5) is 5.69 Å². The third-order valence-corrected chi connectivity index (χ3v) is 6.24. The van der Waals surface area contributed by atoms with Crippen LogP contribution in [-0.4, -0.2) is 69.6 Å². The number of anilines is 1. The van der Waals surface area contributed by atoms with Crippen molar-refractivity contribution in [1.29, 1.82) is 0 Å². The molecule has 1 unspecified atom stereocenters. The third kappa shape index (κ3) is 6.08. The lowest BCUT2D eigenvalue weighted by molar-refractivity contribution is 0.0886. The zero-order chi connectivity index (χ0) is 22.6. The van der Waals surface area contributed by atoms with Crippen LogP contribution in [0.15, 0.2) is 48.5 Å². The molecule has 1 saturated heterocycles. The van der Waals surface area contributed by atoms with Gasteiger partial charge in [0.25, 0.3) is 5.91 Å². The van der Waals surface area contributed by atoms with Gasteiger partial charge in [-0.1, -0.05) is 45.0 Å². The fourth-order valence-corrected chi connectivity index (χ4v) is 4.00. The van der Waals surface area contributed by atoms with E-state index >= 15 is 0 Å². The number of carbonyl (C=O) groups is 1. The summed E-state index contributed by atoms with van der Waals surface area (Å²) in [6.07, 6.45) is 0. The monoisotopic (exact) mass is 422 g/mol. The average molecular weight is 423 g/mol. The van der Waals surface area contributed by atoms with E-state index in [1.807, 2.05) is 12.1 Å². The van der Waals surface area contributed by atoms with Gasteiger partial charge in [-0.05, 0) is 47.9 Å². The van der Waals surface area contributed by atoms with E-state index < -0.39 is 0 Å². The maximum absolute atomic E-state index is 12.9. The fraction of sp³-hybridized carbons (Fsp3) is 0.500. The number of amides is 1. The van der Waals surface area contributed by atoms with Gasteiger partial charge in [0.15, 0.2) is 0 Å². The second-order valence-corrected chi connectivity index (χ2v) is 9.88. The summed E-state index contributed by atoms with van der Waals surface area (Å²) in [6, 6.07) is 16.9. The maximum atomic E-state index is 12.9. The van der Waals surface area contributed by atoms with Crippen molar-refractivity contribution < 1.29 is 4.79 Å². The standard InChI is InChI=1S/C26H38N4O/c1-26(2,3)22-11-7-21(8-12-22)25(31)27-19-24(30-17-15-29(6)16-18-30)20-9-13-23(14-10-20)28(4)5/h7-14,24H,15-19H2,1-6H3,(H,27,31). The number of benzene rings is 2. The predicted octanol–water partition coefficient (Wildman–Crippen LogP) is 3.77. The second kappa shape index (κ2) is 9.84. The molecule has 2 aromatic carbocycles. The van der Waals surface area contributed by atoms with Crippen molar-refractivity contribution in [2.75, 3.05) is 58.8 Å². The van der Waals surface area contributed by atoms with Gasteiger partial charge in [-0.2, -0.15) is 0 Å². The lowest BCUT2D eigenvalue weighted by atomic mass is 9.87. The number of carbonyl (C=O) groups excluding carboxylic acids is 1. The van der Waals surface area contributed by atoms with Crippen LogP contribution >= 0.6 is 0 Å². The molecule has 5 heteroatoms. The minimum atomic E-state index is -0.00972. The van der Waals surface area contributed by atoms with Gasteiger partial charge in [0, 0.05) is 58.1 Å². The third-order valence-electron chi connectivity index (χ3n) is 6.24. The van der Waals surface area contributed by atoms with Gasteiger partial charge in [-0.25, -0.2) is 0 Å². The molecule has 0 aromatic heterocycles. The summed E-state index contributed by atoms with van der Waals surface area (Å²) in [7, 11) is 6.28. The van der Waals surface area contributed by atoms with E-state index in [9.17, 15) is 4.79 Å². The Morgan fingerprint density at radius 1 is 0.968 bits per heavy atom. The van der Waals surface area contributed by atoms with Gasteiger partial charge >= 0.3 is 0 Å². The first-order valence-electron chi connectivity index (χ1n) is 11.2. The summed E-state index contributed by atoms with van der Waals surface area (Å²) in [5.41, 5.74) is 4.47. The van der Waals surface area contributed by atoms with E-state index in [1.54, 1.807) is 0 Å². The number of hydrogen-bond donors (Lipinski definition) is 1. The Balaban J connectivity index is 1.73. The summed E-state index contributed by atoms with van der Waals surface area (Å²) in [4.78, 5) is 19.8. The zero-order valence-corrected chi connectivity index (χ0v) is 20.0. The molecule has 3 rings (SSSR count). The quantitative estimate of drug-likeness (QED) is 0.769. The van der Waals surface area contributed by atoms with Crippen molar-refractivity contribution in [2.24, 2.45) is 0 Å². The zero-order valence-electron chi connectivity index (χ0n) is 20.0. The van der Waals surface area contributed by atoms with Gasteiger partial charge in [0.1, 0.15) is 0 Å². The molecule has 0 spiro atoms. The van der Waals surface area contributed by atoms with Crippen LogP contribution in [0, 0.1) is 0 Å². The highest BCUT2D eigenvalue weighted by atomic mass is 16.1. The summed E-state index contributed by atoms with van der Waals surface area (Å²) < 4.78 is 0. The van der Waals surface area contributed by atoms with Crippen LogP contribution in [0.25, 0.3) is 0 Å². The Morgan fingerprint density at radius 3 is 2.06 bits per heavy atom. The molecule has 1 atom stereocenters. The molecule has 1 fully saturated rings. The summed E-state index contributed by atoms with van der Waals surface area (Å²) in [5, 5.41) is 3.20. The molecule has 31 heavy (non-hydrogen) atoms. The highest BCUT2D eigenvalue weighted by Crippen LogP contribution is 2.25. The topological polar surface area (TPSA) is 38.8 Å². The molecule has 1 aliphatic rings. The van der Waals surface area contributed by atoms with Crippen LogP contribution in [0.1, 0.15) is 48.3 Å². The van der Waals surface area contributed by atoms with Crippen molar-refractivity contribution in [1.82, 2.24) is 15.1 Å². The van der Waals surface area contributed by atoms with Gasteiger partial charge < -0.3 is 15.1 Å². The molecular formula is C26H38N4O. The van der Waals surface area contributed by atoms with Crippen LogP contribution in [0.3, 0.4) is 0 Å². The van der Waals surface area contributed by atoms with E-state index in [4.69, 9.17) is 0 Å². The van der Waals surface area contributed by atoms with Crippen LogP contribution in [-0.2, 0) is 5.41 Å². The van der Waals surface area contributed by atoms with Gasteiger partial charge in [-0.3, -0.25) is 9.69 Å². The Morgan fingerprint density at radius 2 is 1.55 bits per heavy atom. The van der Waals surface area contributed by atoms with Crippen molar-refractivity contribution in [3.05, 3.63) is 65.2 Å². The van der Waals surface area contributed by atoms with Gasteiger partial charge in [-0.15, -0.1) is 0 Å². The van der Waals surface area contributed by atoms with E-state index in [1.165, 1.54) is 16.8 Å². The molecule has 1 aliphatic heterocycles. The average Bonchev–Trinajstić information content (AvgIpc) is 2.74. The molecule has 1 amide bonds. The molecule has 1 N–H and O–H groups in total. The molecule has 5 nitrogen and oxygen atoms in total. The van der Waals surface area contributed by atoms with E-state index in [0.717, 1.165) is 26.2 Å². The fourth-order valence-electron chi connectivity index (χ4n) is 4.00. The Bertz CT molecular complexity index is 844. The van der Waals surface area contributed by atoms with Crippen molar-refractivity contribution in [3.63, 3.8) is 0 Å². The second-order valence-electron chi connectivity index (χ2n) is 9.88. The lowest BCUT2D eigenvalue weighted by Gasteiger charge is -2.38. The largest absolute Gasteiger partial charge is 0.378 e. The molecule has 0 aliphatic carbocycles. The van der Waals surface area contributed by atoms with Crippen molar-refractivity contribution in [2.45, 2.75) is 32.2 Å². The first-order valence-corrected chi connectivity index (χ1v) is 11.2. The minimum Gasteiger partial charge on any atom is -0.378 e. The molecule has 168 valence electrons. The smallest absolute Gasteiger partial charge is 0.251 e. The normalized spacial score (nSPS) is 16.7. The SMILES string of the molecule is CN1CCN(C(CNC(=O)c2ccc(C(C)(C)C)cc2)c2ccc(N(C)C)cc2)CC1. The van der Waals surface area contributed by atoms with E-state index in [0.29, 0.717) is 12.1 Å². The van der Waals surface area contributed by atoms with Gasteiger partial charge in [0.05, 0.1) is 6.04 Å². The molecule has 2 aromatic rings. The number of nitrogens with one attached hydrogen (secondary N) is 1. The van der Waals surface area contributed by atoms with Crippen LogP contribution in [0.5, 0.6) is 0 Å². The molecule has 1 heterocycles. The molecule has 0 radical (unpaired) electrons. The molecular weight excluding hydrogens is 384 g/mol. The molecule has 0 bridgehead atoms. The Kier molecular flexibility index (Phi) is 7.39. The number of nitrogens with zero attached hydrogens (tertiary/aromatic N) is 3. The van der Waals surface area contributed by atoms with Crippen LogP contribution in [0.2, 0.25) is 0 Å². The number of piperazine rings is 1. The van der Waals surface area contributed by atoms with Gasteiger partial charge in [0.2, 0.25) is 0 Å². The Labute approximate surface area is 188 Å². The van der Waals surface area contributed by atoms with Crippen LogP contribution < -0.4 is 10.2 Å². The first-order chi connectivity index (χ1) is 14.6. The highest BCUT2D eigenvalue weighted by molar-refractivity contribution is 5.94. The summed E-state index contributed by atoms with van der Waals surface area (Å²) in [6.45, 7) is 11.3. The maximum Gasteiger partial charge on any atom is 0.251 e. The van der Waals surface area contributed by atoms with Crippen molar-refractivity contribution in [3.8, 4) is 0 Å². The number of rotatable bonds is 6. The summed E-state index contributed by atoms with van der Waals surface area (Å²) >= 11 is 0. The molecule has 0 saturated carbocycles. The minimum absolute atomic E-state index is 0.00972. The number of hydrogen-bond acceptors (Lipinski definition) is 4. The predicted molar refractivity (Wildman–Crippen MR) is 130 cm³/mol. The van der Waals surface area contributed by atoms with E-state index in [-0.39, 0.29) is 17.4 Å². The highest BCUT2D eigenvalue weighted by Gasteiger charge is 2.25. The van der Waals surface area contributed by atoms with E-state index in [2.05, 4.69) is 98.3 Å².